The molecule has 0 unspecified atom stereocenters. The summed E-state index contributed by atoms with van der Waals surface area (Å²) in [5.74, 6) is 0.742. The third-order valence-corrected chi connectivity index (χ3v) is 3.69. The van der Waals surface area contributed by atoms with Gasteiger partial charge in [-0.15, -0.1) is 0 Å². The minimum Gasteiger partial charge on any atom is -0.335 e. The summed E-state index contributed by atoms with van der Waals surface area (Å²) in [6.45, 7) is 2.97. The van der Waals surface area contributed by atoms with E-state index in [2.05, 4.69) is 48.8 Å². The van der Waals surface area contributed by atoms with E-state index >= 15 is 0 Å². The van der Waals surface area contributed by atoms with Crippen LogP contribution in [0.15, 0.2) is 33.6 Å². The lowest BCUT2D eigenvalue weighted by atomic mass is 10.2. The van der Waals surface area contributed by atoms with Gasteiger partial charge >= 0.3 is 0 Å². The maximum atomic E-state index is 12.2. The number of Topliss-reactive ketones (excluding diaryl/α,β-unsaturated/α-hetero) is 1. The van der Waals surface area contributed by atoms with Gasteiger partial charge in [0.2, 0.25) is 0 Å². The maximum absolute atomic E-state index is 12.2. The highest BCUT2D eigenvalue weighted by Crippen LogP contribution is 2.20. The molecular weight excluding hydrogens is 374 g/mol. The van der Waals surface area contributed by atoms with Crippen molar-refractivity contribution in [2.24, 2.45) is 0 Å². The summed E-state index contributed by atoms with van der Waals surface area (Å²) in [5.41, 5.74) is 0.439. The van der Waals surface area contributed by atoms with Crippen molar-refractivity contribution in [1.29, 1.82) is 0 Å². The Morgan fingerprint density at radius 2 is 2.16 bits per heavy atom. The van der Waals surface area contributed by atoms with E-state index < -0.39 is 0 Å². The van der Waals surface area contributed by atoms with Gasteiger partial charge in [0.1, 0.15) is 11.5 Å². The average Bonchev–Trinajstić information content (AvgIpc) is 2.77. The molecule has 0 aliphatic heterocycles. The number of hydrogen-bond donors (Lipinski definition) is 0. The summed E-state index contributed by atoms with van der Waals surface area (Å²) in [6, 6.07) is 1.82. The Labute approximate surface area is 128 Å². The molecule has 0 aliphatic rings. The molecule has 0 aromatic carbocycles. The first kappa shape index (κ1) is 14.4. The molecule has 0 atom stereocenters. The van der Waals surface area contributed by atoms with Crippen molar-refractivity contribution >= 4 is 37.6 Å². The standard InChI is InChI=1S/C13H13Br2N3O/c1-2-4-18-5-3-16-12(18)7-11(19)13-10(15)6-9(14)8-17-13/h3,5-6,8H,2,4,7H2,1H3. The molecule has 2 aromatic rings. The summed E-state index contributed by atoms with van der Waals surface area (Å²) >= 11 is 6.68. The molecule has 0 aliphatic carbocycles. The number of pyridine rings is 1. The molecule has 19 heavy (non-hydrogen) atoms. The van der Waals surface area contributed by atoms with Gasteiger partial charge in [0.15, 0.2) is 5.78 Å². The van der Waals surface area contributed by atoms with Crippen molar-refractivity contribution in [2.45, 2.75) is 26.3 Å². The fraction of sp³-hybridized carbons (Fsp3) is 0.308. The normalized spacial score (nSPS) is 10.7. The molecular formula is C13H13Br2N3O. The number of carbonyl (C=O) groups is 1. The molecule has 0 fully saturated rings. The smallest absolute Gasteiger partial charge is 0.189 e. The van der Waals surface area contributed by atoms with E-state index in [0.717, 1.165) is 23.3 Å². The van der Waals surface area contributed by atoms with E-state index in [1.165, 1.54) is 0 Å². The van der Waals surface area contributed by atoms with Crippen LogP contribution in [0.2, 0.25) is 0 Å². The van der Waals surface area contributed by atoms with Crippen LogP contribution >= 0.6 is 31.9 Å². The largest absolute Gasteiger partial charge is 0.335 e. The Morgan fingerprint density at radius 1 is 1.37 bits per heavy atom. The van der Waals surface area contributed by atoms with Crippen LogP contribution in [0.5, 0.6) is 0 Å². The molecule has 0 spiro atoms. The Morgan fingerprint density at radius 3 is 2.84 bits per heavy atom. The summed E-state index contributed by atoms with van der Waals surface area (Å²) in [4.78, 5) is 20.6. The summed E-state index contributed by atoms with van der Waals surface area (Å²) in [7, 11) is 0. The van der Waals surface area contributed by atoms with E-state index in [1.54, 1.807) is 12.4 Å². The van der Waals surface area contributed by atoms with Crippen LogP contribution in [-0.2, 0) is 13.0 Å². The molecule has 0 amide bonds. The van der Waals surface area contributed by atoms with Crippen LogP contribution in [0, 0.1) is 0 Å². The number of ketones is 1. The summed E-state index contributed by atoms with van der Waals surface area (Å²) < 4.78 is 3.54. The van der Waals surface area contributed by atoms with Gasteiger partial charge < -0.3 is 4.57 Å². The fourth-order valence-electron chi connectivity index (χ4n) is 1.80. The Kier molecular flexibility index (Phi) is 4.87. The third-order valence-electron chi connectivity index (χ3n) is 2.66. The zero-order valence-electron chi connectivity index (χ0n) is 10.4. The average molecular weight is 387 g/mol. The van der Waals surface area contributed by atoms with E-state index in [4.69, 9.17) is 0 Å². The maximum Gasteiger partial charge on any atom is 0.189 e. The number of hydrogen-bond acceptors (Lipinski definition) is 3. The molecule has 2 heterocycles. The molecule has 0 saturated carbocycles. The van der Waals surface area contributed by atoms with Crippen LogP contribution in [0.25, 0.3) is 0 Å². The lowest BCUT2D eigenvalue weighted by molar-refractivity contribution is 0.0984. The molecule has 0 N–H and O–H groups in total. The summed E-state index contributed by atoms with van der Waals surface area (Å²) in [5, 5.41) is 0. The van der Waals surface area contributed by atoms with Gasteiger partial charge in [-0.1, -0.05) is 6.92 Å². The van der Waals surface area contributed by atoms with Gasteiger partial charge in [-0.05, 0) is 44.3 Å². The molecule has 0 bridgehead atoms. The number of imidazole rings is 1. The predicted molar refractivity (Wildman–Crippen MR) is 80.2 cm³/mol. The molecule has 0 radical (unpaired) electrons. The first-order chi connectivity index (χ1) is 9.11. The number of halogens is 2. The lowest BCUT2D eigenvalue weighted by Gasteiger charge is -2.06. The van der Waals surface area contributed by atoms with Gasteiger partial charge in [0.25, 0.3) is 0 Å². The van der Waals surface area contributed by atoms with Crippen molar-refractivity contribution in [3.8, 4) is 0 Å². The minimum absolute atomic E-state index is 0.0390. The Bertz CT molecular complexity index is 595. The topological polar surface area (TPSA) is 47.8 Å². The SMILES string of the molecule is CCCn1ccnc1CC(=O)c1ncc(Br)cc1Br. The highest BCUT2D eigenvalue weighted by atomic mass is 79.9. The van der Waals surface area contributed by atoms with Crippen LogP contribution < -0.4 is 0 Å². The monoisotopic (exact) mass is 385 g/mol. The number of carbonyl (C=O) groups excluding carboxylic acids is 1. The van der Waals surface area contributed by atoms with Crippen molar-refractivity contribution in [3.63, 3.8) is 0 Å². The van der Waals surface area contributed by atoms with Crippen LogP contribution in [0.3, 0.4) is 0 Å². The molecule has 4 nitrogen and oxygen atoms in total. The van der Waals surface area contributed by atoms with E-state index in [1.807, 2.05) is 16.8 Å². The second-order valence-corrected chi connectivity index (χ2v) is 5.89. The molecule has 2 rings (SSSR count). The second-order valence-electron chi connectivity index (χ2n) is 4.12. The van der Waals surface area contributed by atoms with Crippen molar-refractivity contribution in [2.75, 3.05) is 0 Å². The quantitative estimate of drug-likeness (QED) is 0.737. The van der Waals surface area contributed by atoms with Crippen molar-refractivity contribution < 1.29 is 4.79 Å². The number of rotatable bonds is 5. The first-order valence-corrected chi connectivity index (χ1v) is 7.54. The summed E-state index contributed by atoms with van der Waals surface area (Å²) in [6.07, 6.45) is 6.52. The Balaban J connectivity index is 2.18. The lowest BCUT2D eigenvalue weighted by Crippen LogP contribution is -2.12. The van der Waals surface area contributed by atoms with Crippen molar-refractivity contribution in [3.05, 3.63) is 45.1 Å². The molecule has 100 valence electrons. The highest BCUT2D eigenvalue weighted by molar-refractivity contribution is 9.11. The van der Waals surface area contributed by atoms with Gasteiger partial charge in [-0.2, -0.15) is 0 Å². The zero-order valence-corrected chi connectivity index (χ0v) is 13.6. The number of nitrogens with zero attached hydrogens (tertiary/aromatic N) is 3. The van der Waals surface area contributed by atoms with E-state index in [9.17, 15) is 4.79 Å². The molecule has 6 heteroatoms. The zero-order chi connectivity index (χ0) is 13.8. The first-order valence-electron chi connectivity index (χ1n) is 5.96. The fourth-order valence-corrected chi connectivity index (χ4v) is 3.01. The van der Waals surface area contributed by atoms with Crippen LogP contribution in [-0.4, -0.2) is 20.3 Å². The number of aryl methyl sites for hydroxylation is 1. The highest BCUT2D eigenvalue weighted by Gasteiger charge is 2.15. The van der Waals surface area contributed by atoms with E-state index in [-0.39, 0.29) is 12.2 Å². The van der Waals surface area contributed by atoms with Gasteiger partial charge in [-0.3, -0.25) is 9.78 Å². The molecule has 0 saturated heterocycles. The van der Waals surface area contributed by atoms with Crippen molar-refractivity contribution in [1.82, 2.24) is 14.5 Å². The second kappa shape index (κ2) is 6.43. The predicted octanol–water partition coefficient (Wildman–Crippen LogP) is 3.64. The van der Waals surface area contributed by atoms with Crippen LogP contribution in [0.4, 0.5) is 0 Å². The Hall–Kier alpha value is -1.01. The van der Waals surface area contributed by atoms with Gasteiger partial charge in [0, 0.05) is 34.1 Å². The number of aromatic nitrogens is 3. The minimum atomic E-state index is -0.0390. The van der Waals surface area contributed by atoms with Gasteiger partial charge in [-0.25, -0.2) is 4.98 Å². The third kappa shape index (κ3) is 3.51. The van der Waals surface area contributed by atoms with E-state index in [0.29, 0.717) is 10.2 Å². The van der Waals surface area contributed by atoms with Gasteiger partial charge in [0.05, 0.1) is 6.42 Å². The van der Waals surface area contributed by atoms with Crippen LogP contribution in [0.1, 0.15) is 29.7 Å². The molecule has 2 aromatic heterocycles.